The fourth-order valence-electron chi connectivity index (χ4n) is 1.21. The molecule has 4 nitrogen and oxygen atoms in total. The lowest BCUT2D eigenvalue weighted by Gasteiger charge is -2.11. The van der Waals surface area contributed by atoms with Crippen molar-refractivity contribution in [1.29, 1.82) is 0 Å². The number of nitrogen functional groups attached to an aromatic ring is 1. The van der Waals surface area contributed by atoms with Crippen LogP contribution in [0.3, 0.4) is 0 Å². The number of nitrogens with zero attached hydrogens (tertiary/aromatic N) is 1. The molecule has 0 bridgehead atoms. The molecule has 0 aliphatic carbocycles. The summed E-state index contributed by atoms with van der Waals surface area (Å²) in [4.78, 5) is 15.3. The predicted molar refractivity (Wildman–Crippen MR) is 58.7 cm³/mol. The number of anilines is 1. The van der Waals surface area contributed by atoms with Crippen LogP contribution in [0.5, 0.6) is 5.75 Å². The quantitative estimate of drug-likeness (QED) is 0.772. The van der Waals surface area contributed by atoms with E-state index in [1.807, 2.05) is 13.8 Å². The van der Waals surface area contributed by atoms with E-state index in [0.717, 1.165) is 5.69 Å². The van der Waals surface area contributed by atoms with Crippen LogP contribution in [0.4, 0.5) is 5.69 Å². The van der Waals surface area contributed by atoms with E-state index in [4.69, 9.17) is 10.5 Å². The zero-order valence-electron chi connectivity index (χ0n) is 9.28. The summed E-state index contributed by atoms with van der Waals surface area (Å²) in [7, 11) is 0. The largest absolute Gasteiger partial charge is 0.424 e. The molecule has 4 heteroatoms. The fourth-order valence-corrected chi connectivity index (χ4v) is 1.21. The maximum atomic E-state index is 11.1. The molecular formula is C11H16N2O2. The van der Waals surface area contributed by atoms with Gasteiger partial charge in [-0.25, -0.2) is 0 Å². The van der Waals surface area contributed by atoms with E-state index in [0.29, 0.717) is 17.9 Å². The molecule has 1 rings (SSSR count). The molecule has 0 saturated heterocycles. The van der Waals surface area contributed by atoms with Gasteiger partial charge >= 0.3 is 5.97 Å². The molecule has 0 amide bonds. The summed E-state index contributed by atoms with van der Waals surface area (Å²) >= 11 is 0. The highest BCUT2D eigenvalue weighted by Gasteiger charge is 2.12. The molecule has 2 N–H and O–H groups in total. The second-order valence-corrected chi connectivity index (χ2v) is 3.59. The van der Waals surface area contributed by atoms with Crippen molar-refractivity contribution >= 4 is 11.7 Å². The zero-order valence-corrected chi connectivity index (χ0v) is 9.28. The van der Waals surface area contributed by atoms with Crippen LogP contribution in [-0.2, 0) is 4.79 Å². The Bertz CT molecular complexity index is 362. The van der Waals surface area contributed by atoms with Gasteiger partial charge in [-0.2, -0.15) is 0 Å². The molecule has 0 spiro atoms. The lowest BCUT2D eigenvalue weighted by Crippen LogP contribution is -2.09. The molecule has 0 atom stereocenters. The first-order valence-electron chi connectivity index (χ1n) is 5.01. The molecule has 0 fully saturated rings. The number of pyridine rings is 1. The molecule has 0 radical (unpaired) electrons. The summed E-state index contributed by atoms with van der Waals surface area (Å²) in [6, 6.07) is 1.61. The van der Waals surface area contributed by atoms with Crippen molar-refractivity contribution in [1.82, 2.24) is 4.98 Å². The highest BCUT2D eigenvalue weighted by atomic mass is 16.5. The second-order valence-electron chi connectivity index (χ2n) is 3.59. The Hall–Kier alpha value is -1.58. The zero-order chi connectivity index (χ0) is 11.4. The van der Waals surface area contributed by atoms with E-state index < -0.39 is 0 Å². The van der Waals surface area contributed by atoms with Crippen molar-refractivity contribution in [2.45, 2.75) is 33.1 Å². The molecule has 0 aliphatic rings. The highest BCUT2D eigenvalue weighted by molar-refractivity contribution is 5.74. The number of hydrogen-bond acceptors (Lipinski definition) is 4. The Morgan fingerprint density at radius 3 is 2.80 bits per heavy atom. The van der Waals surface area contributed by atoms with Gasteiger partial charge in [0.2, 0.25) is 0 Å². The second kappa shape index (κ2) is 4.77. The van der Waals surface area contributed by atoms with Gasteiger partial charge in [0.05, 0.1) is 11.4 Å². The number of nitrogens with two attached hydrogens (primary N) is 1. The third kappa shape index (κ3) is 2.68. The van der Waals surface area contributed by atoms with Crippen molar-refractivity contribution in [3.63, 3.8) is 0 Å². The number of ether oxygens (including phenoxy) is 1. The Kier molecular flexibility index (Phi) is 3.66. The monoisotopic (exact) mass is 208 g/mol. The normalized spacial score (nSPS) is 10.4. The standard InChI is InChI=1S/C11H16N2O2/c1-4-9(14)15-8-5-6-13-11(7(2)3)10(8)12/h5-7H,4,12H2,1-3H3. The van der Waals surface area contributed by atoms with Crippen LogP contribution in [0.2, 0.25) is 0 Å². The molecule has 1 heterocycles. The SMILES string of the molecule is CCC(=O)Oc1ccnc(C(C)C)c1N. The van der Waals surface area contributed by atoms with E-state index in [9.17, 15) is 4.79 Å². The number of aromatic nitrogens is 1. The van der Waals surface area contributed by atoms with Crippen molar-refractivity contribution in [2.75, 3.05) is 5.73 Å². The summed E-state index contributed by atoms with van der Waals surface area (Å²) in [5.41, 5.74) is 7.06. The van der Waals surface area contributed by atoms with Gasteiger partial charge in [-0.15, -0.1) is 0 Å². The number of carbonyl (C=O) groups is 1. The first-order valence-corrected chi connectivity index (χ1v) is 5.01. The average Bonchev–Trinajstić information content (AvgIpc) is 2.20. The summed E-state index contributed by atoms with van der Waals surface area (Å²) in [6.07, 6.45) is 1.93. The van der Waals surface area contributed by atoms with Gasteiger partial charge in [-0.1, -0.05) is 20.8 Å². The smallest absolute Gasteiger partial charge is 0.310 e. The van der Waals surface area contributed by atoms with Crippen LogP contribution in [0.1, 0.15) is 38.8 Å². The van der Waals surface area contributed by atoms with Gasteiger partial charge in [0.25, 0.3) is 0 Å². The van der Waals surface area contributed by atoms with Crippen LogP contribution in [0.25, 0.3) is 0 Å². The van der Waals surface area contributed by atoms with Crippen LogP contribution in [0, 0.1) is 0 Å². The first kappa shape index (κ1) is 11.5. The molecule has 1 aromatic heterocycles. The minimum atomic E-state index is -0.289. The van der Waals surface area contributed by atoms with Crippen molar-refractivity contribution in [3.05, 3.63) is 18.0 Å². The molecule has 1 aromatic rings. The lowest BCUT2D eigenvalue weighted by atomic mass is 10.1. The van der Waals surface area contributed by atoms with Gasteiger partial charge < -0.3 is 10.5 Å². The van der Waals surface area contributed by atoms with Gasteiger partial charge in [0.1, 0.15) is 0 Å². The lowest BCUT2D eigenvalue weighted by molar-refractivity contribution is -0.133. The van der Waals surface area contributed by atoms with Crippen molar-refractivity contribution < 1.29 is 9.53 Å². The molecule has 0 saturated carbocycles. The Labute approximate surface area is 89.5 Å². The minimum absolute atomic E-state index is 0.213. The molecule has 0 aromatic carbocycles. The molecule has 0 unspecified atom stereocenters. The van der Waals surface area contributed by atoms with E-state index in [-0.39, 0.29) is 11.9 Å². The highest BCUT2D eigenvalue weighted by Crippen LogP contribution is 2.28. The Morgan fingerprint density at radius 2 is 2.27 bits per heavy atom. The Morgan fingerprint density at radius 1 is 1.60 bits per heavy atom. The summed E-state index contributed by atoms with van der Waals surface area (Å²) in [5.74, 6) is 0.327. The van der Waals surface area contributed by atoms with E-state index in [1.165, 1.54) is 0 Å². The van der Waals surface area contributed by atoms with E-state index >= 15 is 0 Å². The number of hydrogen-bond donors (Lipinski definition) is 1. The summed E-state index contributed by atoms with van der Waals surface area (Å²) in [5, 5.41) is 0. The fraction of sp³-hybridized carbons (Fsp3) is 0.455. The third-order valence-corrected chi connectivity index (χ3v) is 2.04. The summed E-state index contributed by atoms with van der Waals surface area (Å²) < 4.78 is 5.08. The number of rotatable bonds is 3. The summed E-state index contributed by atoms with van der Waals surface area (Å²) in [6.45, 7) is 5.72. The number of esters is 1. The van der Waals surface area contributed by atoms with Crippen LogP contribution < -0.4 is 10.5 Å². The van der Waals surface area contributed by atoms with Gasteiger partial charge in [-0.05, 0) is 5.92 Å². The minimum Gasteiger partial charge on any atom is -0.424 e. The van der Waals surface area contributed by atoms with Gasteiger partial charge in [0, 0.05) is 18.7 Å². The maximum Gasteiger partial charge on any atom is 0.310 e. The van der Waals surface area contributed by atoms with E-state index in [1.54, 1.807) is 19.2 Å². The molecular weight excluding hydrogens is 192 g/mol. The Balaban J connectivity index is 2.99. The predicted octanol–water partition coefficient (Wildman–Crippen LogP) is 2.10. The maximum absolute atomic E-state index is 11.1. The third-order valence-electron chi connectivity index (χ3n) is 2.04. The first-order chi connectivity index (χ1) is 7.06. The van der Waals surface area contributed by atoms with Crippen molar-refractivity contribution in [2.24, 2.45) is 0 Å². The number of carbonyl (C=O) groups excluding carboxylic acids is 1. The van der Waals surface area contributed by atoms with Gasteiger partial charge in [-0.3, -0.25) is 9.78 Å². The van der Waals surface area contributed by atoms with Gasteiger partial charge in [0.15, 0.2) is 5.75 Å². The van der Waals surface area contributed by atoms with Crippen LogP contribution in [0.15, 0.2) is 12.3 Å². The topological polar surface area (TPSA) is 65.2 Å². The molecule has 82 valence electrons. The van der Waals surface area contributed by atoms with Crippen LogP contribution >= 0.6 is 0 Å². The average molecular weight is 208 g/mol. The van der Waals surface area contributed by atoms with E-state index in [2.05, 4.69) is 4.98 Å². The molecule has 0 aliphatic heterocycles. The van der Waals surface area contributed by atoms with Crippen molar-refractivity contribution in [3.8, 4) is 5.75 Å². The molecule has 15 heavy (non-hydrogen) atoms. The van der Waals surface area contributed by atoms with Crippen LogP contribution in [-0.4, -0.2) is 11.0 Å².